The Bertz CT molecular complexity index is 740. The number of hydrogen-bond donors (Lipinski definition) is 0. The van der Waals surface area contributed by atoms with Gasteiger partial charge in [0.05, 0.1) is 5.56 Å². The van der Waals surface area contributed by atoms with E-state index in [4.69, 9.17) is 0 Å². The summed E-state index contributed by atoms with van der Waals surface area (Å²) in [5.41, 5.74) is -1.67. The molecule has 3 nitrogen and oxygen atoms in total. The Labute approximate surface area is 117 Å². The van der Waals surface area contributed by atoms with Crippen LogP contribution >= 0.6 is 0 Å². The van der Waals surface area contributed by atoms with Gasteiger partial charge in [0.2, 0.25) is 0 Å². The summed E-state index contributed by atoms with van der Waals surface area (Å²) >= 11 is 0. The Morgan fingerprint density at radius 1 is 0.952 bits per heavy atom. The van der Waals surface area contributed by atoms with Gasteiger partial charge in [-0.3, -0.25) is 0 Å². The fourth-order valence-electron chi connectivity index (χ4n) is 1.53. The van der Waals surface area contributed by atoms with Crippen LogP contribution in [0.1, 0.15) is 5.56 Å². The van der Waals surface area contributed by atoms with Crippen LogP contribution in [0.25, 0.3) is 0 Å². The van der Waals surface area contributed by atoms with E-state index < -0.39 is 32.6 Å². The first-order valence-corrected chi connectivity index (χ1v) is 6.97. The number of hydrogen-bond acceptors (Lipinski definition) is 3. The fourth-order valence-corrected chi connectivity index (χ4v) is 2.49. The Kier molecular flexibility index (Phi) is 3.91. The third-order valence-electron chi connectivity index (χ3n) is 2.48. The summed E-state index contributed by atoms with van der Waals surface area (Å²) in [6.45, 7) is 0. The van der Waals surface area contributed by atoms with Crippen molar-refractivity contribution in [3.8, 4) is 5.75 Å². The Morgan fingerprint density at radius 3 is 2.14 bits per heavy atom. The van der Waals surface area contributed by atoms with Gasteiger partial charge in [-0.05, 0) is 30.3 Å². The molecule has 8 heteroatoms. The molecule has 0 heterocycles. The van der Waals surface area contributed by atoms with Gasteiger partial charge in [-0.1, -0.05) is 18.2 Å². The summed E-state index contributed by atoms with van der Waals surface area (Å²) in [7, 11) is -4.48. The maximum Gasteiger partial charge on any atom is 0.419 e. The molecule has 0 unspecified atom stereocenters. The summed E-state index contributed by atoms with van der Waals surface area (Å²) < 4.78 is 79.3. The fraction of sp³-hybridized carbons (Fsp3) is 0.0769. The molecule has 0 atom stereocenters. The lowest BCUT2D eigenvalue weighted by Gasteiger charge is -2.11. The van der Waals surface area contributed by atoms with Crippen LogP contribution in [0.4, 0.5) is 17.6 Å². The lowest BCUT2D eigenvalue weighted by molar-refractivity contribution is -0.140. The molecule has 0 N–H and O–H groups in total. The van der Waals surface area contributed by atoms with Crippen molar-refractivity contribution in [2.75, 3.05) is 0 Å². The van der Waals surface area contributed by atoms with E-state index in [1.54, 1.807) is 6.07 Å². The van der Waals surface area contributed by atoms with Gasteiger partial charge in [0.1, 0.15) is 16.5 Å². The maximum absolute atomic E-state index is 13.1. The van der Waals surface area contributed by atoms with Crippen molar-refractivity contribution in [3.63, 3.8) is 0 Å². The van der Waals surface area contributed by atoms with Gasteiger partial charge in [-0.15, -0.1) is 0 Å². The molecule has 0 aliphatic carbocycles. The topological polar surface area (TPSA) is 43.4 Å². The third-order valence-corrected chi connectivity index (χ3v) is 3.72. The Morgan fingerprint density at radius 2 is 1.57 bits per heavy atom. The summed E-state index contributed by atoms with van der Waals surface area (Å²) in [5, 5.41) is 0. The highest BCUT2D eigenvalue weighted by Gasteiger charge is 2.35. The molecule has 0 saturated heterocycles. The average Bonchev–Trinajstić information content (AvgIpc) is 2.38. The van der Waals surface area contributed by atoms with Crippen LogP contribution in [0.15, 0.2) is 53.4 Å². The van der Waals surface area contributed by atoms with Crippen molar-refractivity contribution < 1.29 is 30.2 Å². The van der Waals surface area contributed by atoms with Gasteiger partial charge >= 0.3 is 16.3 Å². The minimum Gasteiger partial charge on any atom is -0.379 e. The zero-order chi connectivity index (χ0) is 15.7. The number of para-hydroxylation sites is 1. The molecule has 0 bridgehead atoms. The largest absolute Gasteiger partial charge is 0.419 e. The molecular weight excluding hydrogens is 312 g/mol. The van der Waals surface area contributed by atoms with Crippen LogP contribution in [0.3, 0.4) is 0 Å². The molecule has 0 saturated carbocycles. The number of halogens is 4. The van der Waals surface area contributed by atoms with Crippen LogP contribution in [0.5, 0.6) is 5.75 Å². The van der Waals surface area contributed by atoms with Crippen LogP contribution in [-0.2, 0) is 16.3 Å². The number of rotatable bonds is 3. The average molecular weight is 320 g/mol. The highest BCUT2D eigenvalue weighted by Crippen LogP contribution is 2.33. The van der Waals surface area contributed by atoms with E-state index in [1.807, 2.05) is 0 Å². The molecule has 0 spiro atoms. The van der Waals surface area contributed by atoms with E-state index in [9.17, 15) is 26.0 Å². The highest BCUT2D eigenvalue weighted by molar-refractivity contribution is 7.87. The normalized spacial score (nSPS) is 12.2. The van der Waals surface area contributed by atoms with Gasteiger partial charge in [-0.2, -0.15) is 21.6 Å². The molecule has 0 amide bonds. The number of benzene rings is 2. The van der Waals surface area contributed by atoms with E-state index in [1.165, 1.54) is 24.3 Å². The van der Waals surface area contributed by atoms with Crippen molar-refractivity contribution in [2.24, 2.45) is 0 Å². The van der Waals surface area contributed by atoms with Crippen LogP contribution < -0.4 is 4.18 Å². The highest BCUT2D eigenvalue weighted by atomic mass is 32.2. The Balaban J connectivity index is 2.42. The second-order valence-corrected chi connectivity index (χ2v) is 5.54. The van der Waals surface area contributed by atoms with E-state index in [-0.39, 0.29) is 11.8 Å². The second-order valence-electron chi connectivity index (χ2n) is 3.99. The predicted octanol–water partition coefficient (Wildman–Crippen LogP) is 3.61. The van der Waals surface area contributed by atoms with E-state index in [0.717, 1.165) is 0 Å². The number of alkyl halides is 3. The molecule has 2 aromatic rings. The lowest BCUT2D eigenvalue weighted by atomic mass is 10.2. The molecule has 112 valence electrons. The summed E-state index contributed by atoms with van der Waals surface area (Å²) in [6.07, 6.45) is -5.00. The minimum atomic E-state index is -5.00. The first-order chi connectivity index (χ1) is 9.70. The van der Waals surface area contributed by atoms with Gasteiger partial charge in [0.15, 0.2) is 0 Å². The van der Waals surface area contributed by atoms with Crippen molar-refractivity contribution in [3.05, 3.63) is 59.9 Å². The van der Waals surface area contributed by atoms with Crippen LogP contribution in [0, 0.1) is 5.82 Å². The molecule has 0 radical (unpaired) electrons. The van der Waals surface area contributed by atoms with E-state index in [0.29, 0.717) is 12.1 Å². The maximum atomic E-state index is 13.1. The molecule has 0 aromatic heterocycles. The second kappa shape index (κ2) is 5.36. The monoisotopic (exact) mass is 320 g/mol. The summed E-state index contributed by atoms with van der Waals surface area (Å²) in [4.78, 5) is -0.778. The van der Waals surface area contributed by atoms with Gasteiger partial charge in [-0.25, -0.2) is 4.39 Å². The van der Waals surface area contributed by atoms with Crippen LogP contribution in [-0.4, -0.2) is 8.42 Å². The predicted molar refractivity (Wildman–Crippen MR) is 65.7 cm³/mol. The molecule has 2 aromatic carbocycles. The third kappa shape index (κ3) is 3.52. The summed E-state index contributed by atoms with van der Waals surface area (Å²) in [6, 6.07) is 8.60. The smallest absolute Gasteiger partial charge is 0.379 e. The zero-order valence-electron chi connectivity index (χ0n) is 10.3. The lowest BCUT2D eigenvalue weighted by Crippen LogP contribution is -2.13. The molecular formula is C13H8F4O3S. The Hall–Kier alpha value is -2.09. The molecule has 0 aliphatic rings. The molecule has 0 fully saturated rings. The minimum absolute atomic E-state index is 0.0598. The quantitative estimate of drug-likeness (QED) is 0.641. The first kappa shape index (κ1) is 15.3. The first-order valence-electron chi connectivity index (χ1n) is 5.56. The SMILES string of the molecule is O=S(=O)(Oc1ccccc1)c1ccc(F)c(C(F)(F)F)c1. The van der Waals surface area contributed by atoms with Crippen molar-refractivity contribution in [2.45, 2.75) is 11.1 Å². The molecule has 21 heavy (non-hydrogen) atoms. The molecule has 0 aliphatic heterocycles. The molecule has 2 rings (SSSR count). The summed E-state index contributed by atoms with van der Waals surface area (Å²) in [5.74, 6) is -1.61. The van der Waals surface area contributed by atoms with Crippen molar-refractivity contribution >= 4 is 10.1 Å². The van der Waals surface area contributed by atoms with Gasteiger partial charge < -0.3 is 4.18 Å². The van der Waals surface area contributed by atoms with Crippen LogP contribution in [0.2, 0.25) is 0 Å². The van der Waals surface area contributed by atoms with Gasteiger partial charge in [0.25, 0.3) is 0 Å². The standard InChI is InChI=1S/C13H8F4O3S/c14-12-7-6-10(8-11(12)13(15,16)17)21(18,19)20-9-4-2-1-3-5-9/h1-8H. The van der Waals surface area contributed by atoms with E-state index >= 15 is 0 Å². The van der Waals surface area contributed by atoms with Crippen molar-refractivity contribution in [1.29, 1.82) is 0 Å². The zero-order valence-corrected chi connectivity index (χ0v) is 11.1. The van der Waals surface area contributed by atoms with Crippen molar-refractivity contribution in [1.82, 2.24) is 0 Å². The van der Waals surface area contributed by atoms with E-state index in [2.05, 4.69) is 4.18 Å². The van der Waals surface area contributed by atoms with Gasteiger partial charge in [0, 0.05) is 0 Å².